The van der Waals surface area contributed by atoms with Crippen LogP contribution in [0.3, 0.4) is 0 Å². The van der Waals surface area contributed by atoms with E-state index in [1.807, 2.05) is 30.3 Å². The van der Waals surface area contributed by atoms with Crippen molar-refractivity contribution in [2.24, 2.45) is 0 Å². The van der Waals surface area contributed by atoms with E-state index in [0.29, 0.717) is 19.1 Å². The quantitative estimate of drug-likeness (QED) is 0.746. The van der Waals surface area contributed by atoms with Crippen molar-refractivity contribution in [1.82, 2.24) is 4.90 Å². The van der Waals surface area contributed by atoms with Gasteiger partial charge in [0.1, 0.15) is 24.3 Å². The van der Waals surface area contributed by atoms with Crippen molar-refractivity contribution >= 4 is 5.69 Å². The number of β-amino-alcohol motifs (C(OH)–C–C–N with tert-alkyl or cyclic N) is 1. The molecule has 1 N–H and O–H groups in total. The summed E-state index contributed by atoms with van der Waals surface area (Å²) in [6, 6.07) is 14.7. The van der Waals surface area contributed by atoms with Crippen molar-refractivity contribution in [1.29, 1.82) is 0 Å². The van der Waals surface area contributed by atoms with E-state index in [-0.39, 0.29) is 5.82 Å². The zero-order valence-corrected chi connectivity index (χ0v) is 16.9. The van der Waals surface area contributed by atoms with Crippen LogP contribution in [0.5, 0.6) is 5.75 Å². The van der Waals surface area contributed by atoms with E-state index in [2.05, 4.69) is 29.7 Å². The smallest absolute Gasteiger partial charge is 0.123 e. The highest BCUT2D eigenvalue weighted by molar-refractivity contribution is 5.46. The number of hydrogen-bond donors (Lipinski definition) is 1. The Bertz CT molecular complexity index is 730. The van der Waals surface area contributed by atoms with Gasteiger partial charge in [-0.2, -0.15) is 0 Å². The number of hydrogen-bond acceptors (Lipinski definition) is 4. The largest absolute Gasteiger partial charge is 0.491 e. The van der Waals surface area contributed by atoms with Gasteiger partial charge in [-0.15, -0.1) is 0 Å². The van der Waals surface area contributed by atoms with Crippen molar-refractivity contribution in [2.45, 2.75) is 32.3 Å². The van der Waals surface area contributed by atoms with Crippen molar-refractivity contribution in [3.63, 3.8) is 0 Å². The van der Waals surface area contributed by atoms with E-state index in [4.69, 9.17) is 4.74 Å². The fourth-order valence-corrected chi connectivity index (χ4v) is 3.62. The molecule has 1 heterocycles. The summed E-state index contributed by atoms with van der Waals surface area (Å²) in [6.07, 6.45) is 0.531. The number of nitrogens with zero attached hydrogens (tertiary/aromatic N) is 2. The Morgan fingerprint density at radius 1 is 1.04 bits per heavy atom. The number of anilines is 1. The van der Waals surface area contributed by atoms with E-state index >= 15 is 0 Å². The van der Waals surface area contributed by atoms with Gasteiger partial charge < -0.3 is 14.7 Å². The number of aliphatic hydroxyl groups is 1. The van der Waals surface area contributed by atoms with Crippen molar-refractivity contribution in [2.75, 3.05) is 44.2 Å². The van der Waals surface area contributed by atoms with Gasteiger partial charge in [-0.05, 0) is 48.2 Å². The summed E-state index contributed by atoms with van der Waals surface area (Å²) in [5, 5.41) is 10.4. The van der Waals surface area contributed by atoms with E-state index in [1.54, 1.807) is 0 Å². The molecular formula is C23H31FN2O2. The standard InChI is InChI=1S/C23H31FN2O2/c1-3-18(2)22-6-4-5-7-23(22)28-17-21(27)16-25-12-14-26(15-13-25)20-10-8-19(24)9-11-20/h4-11,18,21,27H,3,12-17H2,1-2H3/t18-,21-/m1/s1. The molecule has 1 aliphatic rings. The molecule has 5 heteroatoms. The lowest BCUT2D eigenvalue weighted by Crippen LogP contribution is -2.49. The Morgan fingerprint density at radius 2 is 1.71 bits per heavy atom. The van der Waals surface area contributed by atoms with E-state index in [9.17, 15) is 9.50 Å². The normalized spacial score (nSPS) is 17.4. The van der Waals surface area contributed by atoms with Gasteiger partial charge in [0, 0.05) is 38.4 Å². The zero-order valence-electron chi connectivity index (χ0n) is 16.9. The summed E-state index contributed by atoms with van der Waals surface area (Å²) in [4.78, 5) is 4.51. The lowest BCUT2D eigenvalue weighted by atomic mass is 9.98. The fourth-order valence-electron chi connectivity index (χ4n) is 3.62. The molecule has 0 amide bonds. The predicted octanol–water partition coefficient (Wildman–Crippen LogP) is 3.90. The first-order chi connectivity index (χ1) is 13.6. The molecule has 0 aliphatic carbocycles. The molecule has 1 aliphatic heterocycles. The van der Waals surface area contributed by atoms with E-state index < -0.39 is 6.10 Å². The van der Waals surface area contributed by atoms with Gasteiger partial charge in [0.25, 0.3) is 0 Å². The van der Waals surface area contributed by atoms with Gasteiger partial charge in [-0.3, -0.25) is 4.90 Å². The first-order valence-electron chi connectivity index (χ1n) is 10.2. The van der Waals surface area contributed by atoms with Crippen LogP contribution in [-0.2, 0) is 0 Å². The topological polar surface area (TPSA) is 35.9 Å². The first-order valence-corrected chi connectivity index (χ1v) is 10.2. The van der Waals surface area contributed by atoms with Crippen LogP contribution in [0.25, 0.3) is 0 Å². The lowest BCUT2D eigenvalue weighted by Gasteiger charge is -2.36. The highest BCUT2D eigenvalue weighted by Gasteiger charge is 2.20. The highest BCUT2D eigenvalue weighted by Crippen LogP contribution is 2.28. The van der Waals surface area contributed by atoms with Crippen LogP contribution in [0.15, 0.2) is 48.5 Å². The number of aliphatic hydroxyl groups excluding tert-OH is 1. The predicted molar refractivity (Wildman–Crippen MR) is 112 cm³/mol. The Labute approximate surface area is 167 Å². The SMILES string of the molecule is CC[C@@H](C)c1ccccc1OC[C@H](O)CN1CCN(c2ccc(F)cc2)CC1. The average molecular weight is 387 g/mol. The molecule has 3 rings (SSSR count). The van der Waals surface area contributed by atoms with Crippen LogP contribution in [-0.4, -0.2) is 55.4 Å². The number of para-hydroxylation sites is 1. The second-order valence-electron chi connectivity index (χ2n) is 7.58. The molecule has 152 valence electrons. The summed E-state index contributed by atoms with van der Waals surface area (Å²) in [6.45, 7) is 8.75. The number of benzene rings is 2. The molecule has 28 heavy (non-hydrogen) atoms. The number of rotatable bonds is 8. The molecule has 0 saturated carbocycles. The lowest BCUT2D eigenvalue weighted by molar-refractivity contribution is 0.0658. The van der Waals surface area contributed by atoms with Crippen LogP contribution in [0, 0.1) is 5.82 Å². The number of halogens is 1. The highest BCUT2D eigenvalue weighted by atomic mass is 19.1. The van der Waals surface area contributed by atoms with Gasteiger partial charge in [0.15, 0.2) is 0 Å². The summed E-state index contributed by atoms with van der Waals surface area (Å²) >= 11 is 0. The molecule has 0 bridgehead atoms. The molecule has 2 aromatic rings. The summed E-state index contributed by atoms with van der Waals surface area (Å²) in [7, 11) is 0. The molecule has 1 saturated heterocycles. The van der Waals surface area contributed by atoms with Gasteiger partial charge in [-0.25, -0.2) is 4.39 Å². The first kappa shape index (κ1) is 20.6. The monoisotopic (exact) mass is 386 g/mol. The molecule has 2 aromatic carbocycles. The fraction of sp³-hybridized carbons (Fsp3) is 0.478. The van der Waals surface area contributed by atoms with Crippen LogP contribution in [0.2, 0.25) is 0 Å². The van der Waals surface area contributed by atoms with Gasteiger partial charge in [-0.1, -0.05) is 32.0 Å². The second kappa shape index (κ2) is 9.89. The molecule has 0 aromatic heterocycles. The van der Waals surface area contributed by atoms with Gasteiger partial charge in [0.05, 0.1) is 0 Å². The molecule has 0 radical (unpaired) electrons. The van der Waals surface area contributed by atoms with Crippen molar-refractivity contribution in [3.8, 4) is 5.75 Å². The maximum Gasteiger partial charge on any atom is 0.123 e. The van der Waals surface area contributed by atoms with Crippen LogP contribution in [0.1, 0.15) is 31.7 Å². The summed E-state index contributed by atoms with van der Waals surface area (Å²) in [5.41, 5.74) is 2.25. The Kier molecular flexibility index (Phi) is 7.29. The third-order valence-corrected chi connectivity index (χ3v) is 5.53. The Hall–Kier alpha value is -2.11. The van der Waals surface area contributed by atoms with Crippen LogP contribution >= 0.6 is 0 Å². The van der Waals surface area contributed by atoms with Crippen molar-refractivity contribution in [3.05, 3.63) is 59.9 Å². The average Bonchev–Trinajstić information content (AvgIpc) is 2.73. The van der Waals surface area contributed by atoms with Gasteiger partial charge in [0.2, 0.25) is 0 Å². The van der Waals surface area contributed by atoms with Crippen LogP contribution in [0.4, 0.5) is 10.1 Å². The minimum Gasteiger partial charge on any atom is -0.491 e. The van der Waals surface area contributed by atoms with E-state index in [0.717, 1.165) is 44.0 Å². The Morgan fingerprint density at radius 3 is 2.39 bits per heavy atom. The molecule has 4 nitrogen and oxygen atoms in total. The summed E-state index contributed by atoms with van der Waals surface area (Å²) in [5.74, 6) is 1.10. The number of ether oxygens (including phenoxy) is 1. The van der Waals surface area contributed by atoms with Crippen LogP contribution < -0.4 is 9.64 Å². The van der Waals surface area contributed by atoms with Gasteiger partial charge >= 0.3 is 0 Å². The zero-order chi connectivity index (χ0) is 19.9. The second-order valence-corrected chi connectivity index (χ2v) is 7.58. The minimum atomic E-state index is -0.526. The molecule has 2 atom stereocenters. The maximum atomic E-state index is 13.1. The Balaban J connectivity index is 1.45. The molecular weight excluding hydrogens is 355 g/mol. The molecule has 1 fully saturated rings. The minimum absolute atomic E-state index is 0.208. The van der Waals surface area contributed by atoms with E-state index in [1.165, 1.54) is 17.7 Å². The summed E-state index contributed by atoms with van der Waals surface area (Å²) < 4.78 is 19.0. The third kappa shape index (κ3) is 5.46. The van der Waals surface area contributed by atoms with Crippen molar-refractivity contribution < 1.29 is 14.2 Å². The molecule has 0 spiro atoms. The third-order valence-electron chi connectivity index (χ3n) is 5.53. The maximum absolute atomic E-state index is 13.1. The molecule has 0 unspecified atom stereocenters. The number of piperazine rings is 1.